The number of nitrogens with zero attached hydrogens (tertiary/aromatic N) is 2. The van der Waals surface area contributed by atoms with Crippen molar-refractivity contribution >= 4 is 11.6 Å². The van der Waals surface area contributed by atoms with Crippen LogP contribution in [-0.2, 0) is 4.79 Å². The van der Waals surface area contributed by atoms with Crippen molar-refractivity contribution in [1.82, 2.24) is 9.80 Å². The van der Waals surface area contributed by atoms with Gasteiger partial charge in [0.25, 0.3) is 0 Å². The van der Waals surface area contributed by atoms with Crippen LogP contribution in [0.15, 0.2) is 24.3 Å². The van der Waals surface area contributed by atoms with Crippen LogP contribution in [0, 0.1) is 0 Å². The third-order valence-corrected chi connectivity index (χ3v) is 4.05. The summed E-state index contributed by atoms with van der Waals surface area (Å²) in [4.78, 5) is 16.4. The zero-order valence-corrected chi connectivity index (χ0v) is 13.3. The second-order valence-corrected chi connectivity index (χ2v) is 5.20. The number of hydrogen-bond donors (Lipinski definition) is 1. The lowest BCUT2D eigenvalue weighted by molar-refractivity contribution is -0.136. The Morgan fingerprint density at radius 2 is 1.85 bits per heavy atom. The van der Waals surface area contributed by atoms with Gasteiger partial charge in [0.1, 0.15) is 0 Å². The molecular weight excluding hydrogens is 250 g/mol. The van der Waals surface area contributed by atoms with Gasteiger partial charge >= 0.3 is 0 Å². The number of carbonyl (C=O) groups is 1. The van der Waals surface area contributed by atoms with Gasteiger partial charge in [0.2, 0.25) is 5.91 Å². The number of benzene rings is 1. The number of likely N-dealkylation sites (N-methyl/N-ethyl adjacent to an activating group) is 2. The van der Waals surface area contributed by atoms with E-state index in [-0.39, 0.29) is 18.0 Å². The summed E-state index contributed by atoms with van der Waals surface area (Å²) in [6.45, 7) is 9.58. The van der Waals surface area contributed by atoms with Crippen molar-refractivity contribution in [2.75, 3.05) is 25.9 Å². The molecule has 4 nitrogen and oxygen atoms in total. The van der Waals surface area contributed by atoms with Crippen molar-refractivity contribution in [2.45, 2.75) is 39.8 Å². The lowest BCUT2D eigenvalue weighted by atomic mass is 10.0. The van der Waals surface area contributed by atoms with Crippen molar-refractivity contribution in [2.24, 2.45) is 0 Å². The Balaban J connectivity index is 2.83. The summed E-state index contributed by atoms with van der Waals surface area (Å²) in [5, 5.41) is 0. The Hall–Kier alpha value is -1.55. The Labute approximate surface area is 122 Å². The maximum Gasteiger partial charge on any atom is 0.239 e. The first kappa shape index (κ1) is 16.5. The first-order valence-electron chi connectivity index (χ1n) is 7.28. The molecule has 0 aliphatic rings. The summed E-state index contributed by atoms with van der Waals surface area (Å²) >= 11 is 0. The number of nitrogens with two attached hydrogens (primary N) is 1. The van der Waals surface area contributed by atoms with E-state index in [2.05, 4.69) is 11.8 Å². The fourth-order valence-electron chi connectivity index (χ4n) is 2.36. The summed E-state index contributed by atoms with van der Waals surface area (Å²) in [6, 6.07) is 7.84. The lowest BCUT2D eigenvalue weighted by Gasteiger charge is -2.33. The standard InChI is InChI=1S/C16H27N3O/c1-6-19(7-2)16(20)13(4)18(5)12(3)14-9-8-10-15(17)11-14/h8-13H,6-7,17H2,1-5H3. The molecule has 0 spiro atoms. The predicted molar refractivity (Wildman–Crippen MR) is 84.4 cm³/mol. The molecule has 1 aromatic carbocycles. The number of nitrogen functional groups attached to an aromatic ring is 1. The molecule has 2 unspecified atom stereocenters. The average Bonchev–Trinajstić information content (AvgIpc) is 2.46. The van der Waals surface area contributed by atoms with E-state index in [0.29, 0.717) is 0 Å². The molecule has 0 radical (unpaired) electrons. The highest BCUT2D eigenvalue weighted by atomic mass is 16.2. The van der Waals surface area contributed by atoms with E-state index < -0.39 is 0 Å². The highest BCUT2D eigenvalue weighted by molar-refractivity contribution is 5.81. The molecule has 2 atom stereocenters. The third kappa shape index (κ3) is 3.73. The predicted octanol–water partition coefficient (Wildman–Crippen LogP) is 2.52. The molecule has 112 valence electrons. The van der Waals surface area contributed by atoms with Crippen molar-refractivity contribution in [3.63, 3.8) is 0 Å². The molecule has 0 saturated heterocycles. The molecule has 0 aliphatic carbocycles. The molecule has 0 aliphatic heterocycles. The Bertz CT molecular complexity index is 443. The summed E-state index contributed by atoms with van der Waals surface area (Å²) in [5.41, 5.74) is 7.72. The van der Waals surface area contributed by atoms with E-state index in [4.69, 9.17) is 5.73 Å². The maximum atomic E-state index is 12.4. The van der Waals surface area contributed by atoms with Crippen LogP contribution in [0.2, 0.25) is 0 Å². The number of anilines is 1. The highest BCUT2D eigenvalue weighted by Crippen LogP contribution is 2.23. The molecule has 1 rings (SSSR count). The van der Waals surface area contributed by atoms with E-state index in [1.165, 1.54) is 0 Å². The zero-order valence-electron chi connectivity index (χ0n) is 13.3. The average molecular weight is 277 g/mol. The van der Waals surface area contributed by atoms with E-state index in [9.17, 15) is 4.79 Å². The summed E-state index contributed by atoms with van der Waals surface area (Å²) < 4.78 is 0. The van der Waals surface area contributed by atoms with E-state index >= 15 is 0 Å². The molecule has 0 bridgehead atoms. The van der Waals surface area contributed by atoms with E-state index in [1.54, 1.807) is 0 Å². The van der Waals surface area contributed by atoms with Gasteiger partial charge in [-0.05, 0) is 52.4 Å². The molecule has 0 aromatic heterocycles. The number of hydrogen-bond acceptors (Lipinski definition) is 3. The summed E-state index contributed by atoms with van der Waals surface area (Å²) in [6.07, 6.45) is 0. The molecule has 2 N–H and O–H groups in total. The Morgan fingerprint density at radius 3 is 2.35 bits per heavy atom. The minimum Gasteiger partial charge on any atom is -0.399 e. The number of rotatable bonds is 6. The van der Waals surface area contributed by atoms with E-state index in [0.717, 1.165) is 24.3 Å². The van der Waals surface area contributed by atoms with Gasteiger partial charge in [-0.1, -0.05) is 12.1 Å². The SMILES string of the molecule is CCN(CC)C(=O)C(C)N(C)C(C)c1cccc(N)c1. The quantitative estimate of drug-likeness (QED) is 0.813. The van der Waals surface area contributed by atoms with Crippen LogP contribution in [0.4, 0.5) is 5.69 Å². The molecule has 1 aromatic rings. The zero-order chi connectivity index (χ0) is 15.3. The van der Waals surface area contributed by atoms with Gasteiger partial charge in [0.05, 0.1) is 6.04 Å². The van der Waals surface area contributed by atoms with Crippen LogP contribution in [0.5, 0.6) is 0 Å². The third-order valence-electron chi connectivity index (χ3n) is 4.05. The number of carbonyl (C=O) groups excluding carboxylic acids is 1. The maximum absolute atomic E-state index is 12.4. The topological polar surface area (TPSA) is 49.6 Å². The molecule has 0 heterocycles. The summed E-state index contributed by atoms with van der Waals surface area (Å²) in [7, 11) is 1.99. The monoisotopic (exact) mass is 277 g/mol. The minimum atomic E-state index is -0.147. The Morgan fingerprint density at radius 1 is 1.25 bits per heavy atom. The fraction of sp³-hybridized carbons (Fsp3) is 0.562. The fourth-order valence-corrected chi connectivity index (χ4v) is 2.36. The van der Waals surface area contributed by atoms with Crippen molar-refractivity contribution in [3.05, 3.63) is 29.8 Å². The smallest absolute Gasteiger partial charge is 0.239 e. The number of amides is 1. The lowest BCUT2D eigenvalue weighted by Crippen LogP contribution is -2.46. The first-order valence-corrected chi connectivity index (χ1v) is 7.28. The van der Waals surface area contributed by atoms with Gasteiger partial charge in [0, 0.05) is 24.8 Å². The van der Waals surface area contributed by atoms with Gasteiger partial charge in [-0.3, -0.25) is 9.69 Å². The van der Waals surface area contributed by atoms with Crippen LogP contribution >= 0.6 is 0 Å². The van der Waals surface area contributed by atoms with Crippen LogP contribution in [0.1, 0.15) is 39.3 Å². The van der Waals surface area contributed by atoms with Crippen molar-refractivity contribution < 1.29 is 4.79 Å². The van der Waals surface area contributed by atoms with Crippen LogP contribution in [0.3, 0.4) is 0 Å². The second kappa shape index (κ2) is 7.29. The molecule has 0 fully saturated rings. The van der Waals surface area contributed by atoms with Crippen molar-refractivity contribution in [3.8, 4) is 0 Å². The highest BCUT2D eigenvalue weighted by Gasteiger charge is 2.25. The molecule has 0 saturated carbocycles. The van der Waals surface area contributed by atoms with Gasteiger partial charge < -0.3 is 10.6 Å². The normalized spacial score (nSPS) is 14.1. The second-order valence-electron chi connectivity index (χ2n) is 5.20. The minimum absolute atomic E-state index is 0.146. The van der Waals surface area contributed by atoms with E-state index in [1.807, 2.05) is 57.0 Å². The van der Waals surface area contributed by atoms with Gasteiger partial charge in [0.15, 0.2) is 0 Å². The van der Waals surface area contributed by atoms with Crippen LogP contribution < -0.4 is 5.73 Å². The van der Waals surface area contributed by atoms with Gasteiger partial charge in [-0.15, -0.1) is 0 Å². The molecule has 4 heteroatoms. The Kier molecular flexibility index (Phi) is 6.02. The van der Waals surface area contributed by atoms with Crippen LogP contribution in [-0.4, -0.2) is 41.9 Å². The summed E-state index contributed by atoms with van der Waals surface area (Å²) in [5.74, 6) is 0.174. The van der Waals surface area contributed by atoms with Crippen LogP contribution in [0.25, 0.3) is 0 Å². The first-order chi connectivity index (χ1) is 9.42. The molecular formula is C16H27N3O. The molecule has 1 amide bonds. The molecule has 20 heavy (non-hydrogen) atoms. The van der Waals surface area contributed by atoms with Gasteiger partial charge in [-0.2, -0.15) is 0 Å². The van der Waals surface area contributed by atoms with Crippen molar-refractivity contribution in [1.29, 1.82) is 0 Å². The largest absolute Gasteiger partial charge is 0.399 e. The van der Waals surface area contributed by atoms with Gasteiger partial charge in [-0.25, -0.2) is 0 Å².